The van der Waals surface area contributed by atoms with E-state index in [0.29, 0.717) is 5.69 Å². The van der Waals surface area contributed by atoms with Crippen molar-refractivity contribution in [2.45, 2.75) is 20.8 Å². The molecule has 0 atom stereocenters. The third-order valence-corrected chi connectivity index (χ3v) is 3.61. The number of nitrogens with one attached hydrogen (secondary N) is 1. The number of ketones is 1. The Bertz CT molecular complexity index is 502. The number of carbonyl (C=O) groups is 2. The van der Waals surface area contributed by atoms with E-state index in [9.17, 15) is 14.7 Å². The lowest BCUT2D eigenvalue weighted by Gasteiger charge is -2.07. The van der Waals surface area contributed by atoms with Crippen LogP contribution in [0.4, 0.5) is 5.69 Å². The van der Waals surface area contributed by atoms with Crippen LogP contribution in [0, 0.1) is 6.92 Å². The number of hydrogen-bond donors (Lipinski definition) is 2. The van der Waals surface area contributed by atoms with E-state index >= 15 is 0 Å². The van der Waals surface area contributed by atoms with E-state index < -0.39 is 0 Å². The zero-order chi connectivity index (χ0) is 14.4. The molecular formula is C14H17NO3S. The molecule has 19 heavy (non-hydrogen) atoms. The minimum Gasteiger partial charge on any atom is -0.511 e. The lowest BCUT2D eigenvalue weighted by atomic mass is 10.2. The average Bonchev–Trinajstić information content (AvgIpc) is 2.31. The molecule has 1 aromatic carbocycles. The molecule has 5 heteroatoms. The summed E-state index contributed by atoms with van der Waals surface area (Å²) >= 11 is 1.04. The molecule has 0 saturated carbocycles. The van der Waals surface area contributed by atoms with E-state index in [1.807, 2.05) is 31.2 Å². The second kappa shape index (κ2) is 6.99. The van der Waals surface area contributed by atoms with Crippen molar-refractivity contribution >= 4 is 29.1 Å². The van der Waals surface area contributed by atoms with Crippen molar-refractivity contribution in [3.8, 4) is 0 Å². The maximum atomic E-state index is 11.7. The fourth-order valence-corrected chi connectivity index (χ4v) is 2.19. The molecule has 0 unspecified atom stereocenters. The number of thioether (sulfide) groups is 1. The quantitative estimate of drug-likeness (QED) is 0.642. The normalized spacial score (nSPS) is 11.7. The Morgan fingerprint density at radius 3 is 2.26 bits per heavy atom. The van der Waals surface area contributed by atoms with Crippen LogP contribution in [0.25, 0.3) is 0 Å². The summed E-state index contributed by atoms with van der Waals surface area (Å²) in [4.78, 5) is 23.1. The van der Waals surface area contributed by atoms with Gasteiger partial charge in [-0.2, -0.15) is 0 Å². The molecule has 0 aliphatic carbocycles. The Morgan fingerprint density at radius 1 is 1.21 bits per heavy atom. The summed E-state index contributed by atoms with van der Waals surface area (Å²) in [6.07, 6.45) is 0. The lowest BCUT2D eigenvalue weighted by Crippen LogP contribution is -2.15. The van der Waals surface area contributed by atoms with Crippen molar-refractivity contribution in [2.24, 2.45) is 0 Å². The van der Waals surface area contributed by atoms with Crippen LogP contribution in [0.5, 0.6) is 0 Å². The van der Waals surface area contributed by atoms with Crippen LogP contribution in [0.1, 0.15) is 19.4 Å². The van der Waals surface area contributed by atoms with Gasteiger partial charge in [0, 0.05) is 5.69 Å². The molecule has 1 aromatic rings. The highest BCUT2D eigenvalue weighted by Crippen LogP contribution is 2.20. The number of amides is 1. The molecule has 0 aliphatic heterocycles. The minimum atomic E-state index is -0.242. The molecule has 0 heterocycles. The second-order valence-corrected chi connectivity index (χ2v) is 5.16. The number of rotatable bonds is 5. The third kappa shape index (κ3) is 5.18. The van der Waals surface area contributed by atoms with Crippen LogP contribution in [-0.4, -0.2) is 22.5 Å². The van der Waals surface area contributed by atoms with Gasteiger partial charge in [-0.15, -0.1) is 11.8 Å². The largest absolute Gasteiger partial charge is 0.511 e. The second-order valence-electron chi connectivity index (χ2n) is 4.17. The Balaban J connectivity index is 2.55. The van der Waals surface area contributed by atoms with Crippen molar-refractivity contribution in [3.63, 3.8) is 0 Å². The molecule has 0 aliphatic rings. The smallest absolute Gasteiger partial charge is 0.234 e. The maximum Gasteiger partial charge on any atom is 0.234 e. The van der Waals surface area contributed by atoms with E-state index in [2.05, 4.69) is 5.32 Å². The van der Waals surface area contributed by atoms with E-state index in [-0.39, 0.29) is 28.1 Å². The van der Waals surface area contributed by atoms with Gasteiger partial charge in [-0.25, -0.2) is 0 Å². The maximum absolute atomic E-state index is 11.7. The number of hydrogen-bond acceptors (Lipinski definition) is 4. The molecule has 0 spiro atoms. The monoisotopic (exact) mass is 279 g/mol. The Kier molecular flexibility index (Phi) is 5.63. The third-order valence-electron chi connectivity index (χ3n) is 2.33. The summed E-state index contributed by atoms with van der Waals surface area (Å²) in [6, 6.07) is 7.44. The zero-order valence-electron chi connectivity index (χ0n) is 11.2. The van der Waals surface area contributed by atoms with Crippen molar-refractivity contribution in [1.29, 1.82) is 0 Å². The van der Waals surface area contributed by atoms with Crippen LogP contribution in [0.15, 0.2) is 34.9 Å². The summed E-state index contributed by atoms with van der Waals surface area (Å²) in [7, 11) is 0. The summed E-state index contributed by atoms with van der Waals surface area (Å²) in [5.41, 5.74) is 1.83. The highest BCUT2D eigenvalue weighted by molar-refractivity contribution is 8.04. The first kappa shape index (κ1) is 15.3. The number of allylic oxidation sites excluding steroid dienone is 2. The lowest BCUT2D eigenvalue weighted by molar-refractivity contribution is -0.114. The predicted molar refractivity (Wildman–Crippen MR) is 78.3 cm³/mol. The van der Waals surface area contributed by atoms with E-state index in [0.717, 1.165) is 17.3 Å². The van der Waals surface area contributed by atoms with Gasteiger partial charge in [0.1, 0.15) is 5.76 Å². The van der Waals surface area contributed by atoms with Gasteiger partial charge < -0.3 is 10.4 Å². The molecule has 0 fully saturated rings. The van der Waals surface area contributed by atoms with Gasteiger partial charge in [0.05, 0.1) is 10.7 Å². The van der Waals surface area contributed by atoms with E-state index in [1.54, 1.807) is 0 Å². The SMILES string of the molecule is CC(=O)/C(SCC(=O)Nc1ccc(C)cc1)=C(/C)O. The van der Waals surface area contributed by atoms with Gasteiger partial charge in [0.25, 0.3) is 0 Å². The highest BCUT2D eigenvalue weighted by Gasteiger charge is 2.11. The molecular weight excluding hydrogens is 262 g/mol. The number of Topliss-reactive ketones (excluding diaryl/α,β-unsaturated/α-hetero) is 1. The first-order valence-corrected chi connectivity index (χ1v) is 6.79. The number of benzene rings is 1. The standard InChI is InChI=1S/C14H17NO3S/c1-9-4-6-12(7-5-9)15-13(18)8-19-14(10(2)16)11(3)17/h4-7,16H,8H2,1-3H3,(H,15,18)/b14-10+. The fourth-order valence-electron chi connectivity index (χ4n) is 1.43. The van der Waals surface area contributed by atoms with Gasteiger partial charge in [0.2, 0.25) is 5.91 Å². The van der Waals surface area contributed by atoms with E-state index in [1.165, 1.54) is 13.8 Å². The van der Waals surface area contributed by atoms with Crippen LogP contribution in [-0.2, 0) is 9.59 Å². The van der Waals surface area contributed by atoms with Crippen LogP contribution < -0.4 is 5.32 Å². The molecule has 1 rings (SSSR count). The molecule has 4 nitrogen and oxygen atoms in total. The van der Waals surface area contributed by atoms with Crippen molar-refractivity contribution in [2.75, 3.05) is 11.1 Å². The molecule has 0 radical (unpaired) electrons. The first-order chi connectivity index (χ1) is 8.90. The minimum absolute atomic E-state index is 0.0550. The van der Waals surface area contributed by atoms with Gasteiger partial charge in [-0.1, -0.05) is 17.7 Å². The molecule has 1 amide bonds. The van der Waals surface area contributed by atoms with Crippen molar-refractivity contribution < 1.29 is 14.7 Å². The van der Waals surface area contributed by atoms with E-state index in [4.69, 9.17) is 0 Å². The summed E-state index contributed by atoms with van der Waals surface area (Å²) in [5, 5.41) is 12.0. The van der Waals surface area contributed by atoms with Crippen LogP contribution >= 0.6 is 11.8 Å². The van der Waals surface area contributed by atoms with Crippen molar-refractivity contribution in [1.82, 2.24) is 0 Å². The van der Waals surface area contributed by atoms with Crippen LogP contribution in [0.2, 0.25) is 0 Å². The molecule has 0 saturated heterocycles. The van der Waals surface area contributed by atoms with Crippen LogP contribution in [0.3, 0.4) is 0 Å². The molecule has 2 N–H and O–H groups in total. The average molecular weight is 279 g/mol. The number of aliphatic hydroxyl groups is 1. The van der Waals surface area contributed by atoms with Gasteiger partial charge >= 0.3 is 0 Å². The fraction of sp³-hybridized carbons (Fsp3) is 0.286. The summed E-state index contributed by atoms with van der Waals surface area (Å²) < 4.78 is 0. The Hall–Kier alpha value is -1.75. The summed E-state index contributed by atoms with van der Waals surface area (Å²) in [5.74, 6) is -0.427. The molecule has 0 bridgehead atoms. The van der Waals surface area contributed by atoms with Gasteiger partial charge in [0.15, 0.2) is 5.78 Å². The number of aryl methyl sites for hydroxylation is 1. The first-order valence-electron chi connectivity index (χ1n) is 5.80. The molecule has 102 valence electrons. The zero-order valence-corrected chi connectivity index (χ0v) is 12.0. The van der Waals surface area contributed by atoms with Gasteiger partial charge in [-0.05, 0) is 32.9 Å². The topological polar surface area (TPSA) is 66.4 Å². The summed E-state index contributed by atoms with van der Waals surface area (Å²) in [6.45, 7) is 4.76. The predicted octanol–water partition coefficient (Wildman–Crippen LogP) is 3.05. The number of carbonyl (C=O) groups excluding carboxylic acids is 2. The highest BCUT2D eigenvalue weighted by atomic mass is 32.2. The number of anilines is 1. The van der Waals surface area contributed by atoms with Gasteiger partial charge in [-0.3, -0.25) is 9.59 Å². The molecule has 0 aromatic heterocycles. The Labute approximate surface area is 116 Å². The Morgan fingerprint density at radius 2 is 1.79 bits per heavy atom. The van der Waals surface area contributed by atoms with Crippen molar-refractivity contribution in [3.05, 3.63) is 40.5 Å². The number of aliphatic hydroxyl groups excluding tert-OH is 1.